The Labute approximate surface area is 154 Å². The molecule has 0 saturated carbocycles. The van der Waals surface area contributed by atoms with Crippen LogP contribution in [0.2, 0.25) is 0 Å². The first kappa shape index (κ1) is 17.2. The number of nitrogens with zero attached hydrogens (tertiary/aromatic N) is 1. The van der Waals surface area contributed by atoms with Crippen LogP contribution in [-0.2, 0) is 12.8 Å². The van der Waals surface area contributed by atoms with E-state index in [2.05, 4.69) is 33.4 Å². The fraction of sp³-hybridized carbons (Fsp3) is 0.333. The smallest absolute Gasteiger partial charge is 0.281 e. The van der Waals surface area contributed by atoms with Crippen molar-refractivity contribution in [3.63, 3.8) is 0 Å². The molecule has 126 valence electrons. The van der Waals surface area contributed by atoms with Gasteiger partial charge in [0.15, 0.2) is 0 Å². The van der Waals surface area contributed by atoms with Gasteiger partial charge >= 0.3 is 0 Å². The zero-order valence-electron chi connectivity index (χ0n) is 13.6. The fourth-order valence-electron chi connectivity index (χ4n) is 2.84. The van der Waals surface area contributed by atoms with Gasteiger partial charge in [0.05, 0.1) is 18.2 Å². The van der Waals surface area contributed by atoms with Gasteiger partial charge in [-0.15, -0.1) is 11.3 Å². The van der Waals surface area contributed by atoms with Gasteiger partial charge in [-0.2, -0.15) is 5.10 Å². The van der Waals surface area contributed by atoms with Crippen molar-refractivity contribution < 1.29 is 9.53 Å². The van der Waals surface area contributed by atoms with Crippen LogP contribution >= 0.6 is 27.3 Å². The lowest BCUT2D eigenvalue weighted by Crippen LogP contribution is -2.16. The minimum absolute atomic E-state index is 0.160. The Bertz CT molecular complexity index is 785. The van der Waals surface area contributed by atoms with Crippen molar-refractivity contribution in [3.8, 4) is 5.75 Å². The van der Waals surface area contributed by atoms with E-state index in [1.54, 1.807) is 24.7 Å². The van der Waals surface area contributed by atoms with Crippen molar-refractivity contribution in [3.05, 3.63) is 49.6 Å². The van der Waals surface area contributed by atoms with Gasteiger partial charge in [0.1, 0.15) is 5.75 Å². The van der Waals surface area contributed by atoms with Crippen LogP contribution in [0.15, 0.2) is 33.8 Å². The van der Waals surface area contributed by atoms with E-state index in [4.69, 9.17) is 4.74 Å². The quantitative estimate of drug-likeness (QED) is 0.603. The van der Waals surface area contributed by atoms with Gasteiger partial charge < -0.3 is 4.74 Å². The summed E-state index contributed by atoms with van der Waals surface area (Å²) in [6.07, 6.45) is 4.94. The van der Waals surface area contributed by atoms with Crippen LogP contribution in [-0.4, -0.2) is 19.2 Å². The third-order valence-electron chi connectivity index (χ3n) is 4.11. The summed E-state index contributed by atoms with van der Waals surface area (Å²) in [5, 5.41) is 4.07. The summed E-state index contributed by atoms with van der Waals surface area (Å²) in [6.45, 7) is 2.26. The molecule has 6 heteroatoms. The van der Waals surface area contributed by atoms with Crippen molar-refractivity contribution in [2.24, 2.45) is 11.0 Å². The van der Waals surface area contributed by atoms with Crippen LogP contribution in [0.4, 0.5) is 0 Å². The van der Waals surface area contributed by atoms with Crippen LogP contribution < -0.4 is 10.2 Å². The number of amides is 1. The van der Waals surface area contributed by atoms with Crippen LogP contribution in [0.25, 0.3) is 0 Å². The van der Waals surface area contributed by atoms with E-state index in [0.29, 0.717) is 11.7 Å². The molecule has 3 rings (SSSR count). The molecule has 1 unspecified atom stereocenters. The first-order valence-corrected chi connectivity index (χ1v) is 9.46. The number of methoxy groups -OCH3 is 1. The Morgan fingerprint density at radius 2 is 2.29 bits per heavy atom. The van der Waals surface area contributed by atoms with E-state index in [0.717, 1.165) is 27.8 Å². The number of aryl methyl sites for hydroxylation is 1. The number of carbonyl (C=O) groups excluding carboxylic acids is 1. The maximum atomic E-state index is 12.3. The summed E-state index contributed by atoms with van der Waals surface area (Å²) in [5.41, 5.74) is 4.73. The largest absolute Gasteiger partial charge is 0.496 e. The Hall–Kier alpha value is -1.66. The fourth-order valence-corrected chi connectivity index (χ4v) is 4.32. The van der Waals surface area contributed by atoms with E-state index >= 15 is 0 Å². The van der Waals surface area contributed by atoms with Crippen LogP contribution in [0.1, 0.15) is 39.0 Å². The molecule has 24 heavy (non-hydrogen) atoms. The predicted octanol–water partition coefficient (Wildman–Crippen LogP) is 4.41. The van der Waals surface area contributed by atoms with Crippen LogP contribution in [0, 0.1) is 5.92 Å². The first-order valence-electron chi connectivity index (χ1n) is 7.85. The number of thiophene rings is 1. The van der Waals surface area contributed by atoms with E-state index in [1.165, 1.54) is 16.9 Å². The summed E-state index contributed by atoms with van der Waals surface area (Å²) in [6, 6.07) is 7.65. The van der Waals surface area contributed by atoms with E-state index in [-0.39, 0.29) is 5.91 Å². The highest BCUT2D eigenvalue weighted by atomic mass is 79.9. The second-order valence-corrected chi connectivity index (χ2v) is 8.04. The van der Waals surface area contributed by atoms with Crippen molar-refractivity contribution in [1.29, 1.82) is 0 Å². The minimum Gasteiger partial charge on any atom is -0.496 e. The van der Waals surface area contributed by atoms with Gasteiger partial charge in [0.25, 0.3) is 5.91 Å². The van der Waals surface area contributed by atoms with Gasteiger partial charge in [-0.25, -0.2) is 5.43 Å². The molecular weight excluding hydrogens is 388 g/mol. The van der Waals surface area contributed by atoms with Gasteiger partial charge in [-0.1, -0.05) is 22.9 Å². The molecule has 0 fully saturated rings. The predicted molar refractivity (Wildman–Crippen MR) is 101 cm³/mol. The summed E-state index contributed by atoms with van der Waals surface area (Å²) in [7, 11) is 1.61. The number of hydrogen-bond acceptors (Lipinski definition) is 4. The van der Waals surface area contributed by atoms with E-state index < -0.39 is 0 Å². The molecule has 0 spiro atoms. The zero-order chi connectivity index (χ0) is 17.1. The summed E-state index contributed by atoms with van der Waals surface area (Å²) < 4.78 is 6.21. The highest BCUT2D eigenvalue weighted by Crippen LogP contribution is 2.32. The lowest BCUT2D eigenvalue weighted by molar-refractivity contribution is 0.0959. The van der Waals surface area contributed by atoms with Gasteiger partial charge in [0.2, 0.25) is 0 Å². The molecule has 1 aliphatic carbocycles. The Morgan fingerprint density at radius 3 is 3.08 bits per heavy atom. The normalized spacial score (nSPS) is 16.9. The highest BCUT2D eigenvalue weighted by Gasteiger charge is 2.20. The lowest BCUT2D eigenvalue weighted by Gasteiger charge is -2.16. The Balaban J connectivity index is 1.69. The van der Waals surface area contributed by atoms with Crippen molar-refractivity contribution >= 4 is 39.4 Å². The topological polar surface area (TPSA) is 50.7 Å². The number of ether oxygens (including phenoxy) is 1. The average molecular weight is 407 g/mol. The number of carbonyl (C=O) groups is 1. The number of hydrazone groups is 1. The molecule has 0 saturated heterocycles. The Kier molecular flexibility index (Phi) is 5.36. The summed E-state index contributed by atoms with van der Waals surface area (Å²) in [4.78, 5) is 14.4. The molecule has 4 nitrogen and oxygen atoms in total. The monoisotopic (exact) mass is 406 g/mol. The number of fused-ring (bicyclic) bond motifs is 1. The maximum Gasteiger partial charge on any atom is 0.281 e. The number of benzene rings is 1. The molecule has 1 aromatic carbocycles. The SMILES string of the molecule is COc1ccc(Br)cc1C=NNC(=O)c1cc2c(s1)CCC(C)C2. The number of halogens is 1. The first-order chi connectivity index (χ1) is 11.6. The molecule has 1 heterocycles. The molecule has 0 bridgehead atoms. The van der Waals surface area contributed by atoms with Crippen molar-refractivity contribution in [2.45, 2.75) is 26.2 Å². The molecule has 1 N–H and O–H groups in total. The van der Waals surface area contributed by atoms with Crippen LogP contribution in [0.5, 0.6) is 5.75 Å². The maximum absolute atomic E-state index is 12.3. The van der Waals surface area contributed by atoms with Gasteiger partial charge in [-0.3, -0.25) is 4.79 Å². The third kappa shape index (κ3) is 3.87. The van der Waals surface area contributed by atoms with E-state index in [1.807, 2.05) is 24.3 Å². The molecule has 2 aromatic rings. The standard InChI is InChI=1S/C18H19BrN2O2S/c1-11-3-6-16-12(7-11)9-17(24-16)18(22)21-20-10-13-8-14(19)4-5-15(13)23-2/h4-5,8-11H,3,6-7H2,1-2H3,(H,21,22). The molecule has 1 atom stereocenters. The van der Waals surface area contributed by atoms with Gasteiger partial charge in [0, 0.05) is 14.9 Å². The molecule has 0 aliphatic heterocycles. The summed E-state index contributed by atoms with van der Waals surface area (Å²) >= 11 is 5.00. The molecular formula is C18H19BrN2O2S. The second kappa shape index (κ2) is 7.49. The lowest BCUT2D eigenvalue weighted by atomic mass is 9.90. The molecule has 1 amide bonds. The summed E-state index contributed by atoms with van der Waals surface area (Å²) in [5.74, 6) is 1.24. The van der Waals surface area contributed by atoms with Crippen LogP contribution in [0.3, 0.4) is 0 Å². The average Bonchev–Trinajstić information content (AvgIpc) is 2.98. The van der Waals surface area contributed by atoms with Gasteiger partial charge in [-0.05, 0) is 55.0 Å². The zero-order valence-corrected chi connectivity index (χ0v) is 16.0. The number of nitrogens with one attached hydrogen (secondary N) is 1. The second-order valence-electron chi connectivity index (χ2n) is 5.99. The molecule has 1 aliphatic rings. The molecule has 1 aromatic heterocycles. The van der Waals surface area contributed by atoms with Crippen molar-refractivity contribution in [1.82, 2.24) is 5.43 Å². The highest BCUT2D eigenvalue weighted by molar-refractivity contribution is 9.10. The molecule has 0 radical (unpaired) electrons. The number of hydrogen-bond donors (Lipinski definition) is 1. The Morgan fingerprint density at radius 1 is 1.46 bits per heavy atom. The van der Waals surface area contributed by atoms with E-state index in [9.17, 15) is 4.79 Å². The third-order valence-corrected chi connectivity index (χ3v) is 5.84. The minimum atomic E-state index is -0.160. The van der Waals surface area contributed by atoms with Crippen molar-refractivity contribution in [2.75, 3.05) is 7.11 Å². The number of rotatable bonds is 4.